The van der Waals surface area contributed by atoms with E-state index in [0.29, 0.717) is 79.5 Å². The molecule has 0 radical (unpaired) electrons. The van der Waals surface area contributed by atoms with E-state index in [-0.39, 0.29) is 70.7 Å². The predicted molar refractivity (Wildman–Crippen MR) is 340 cm³/mol. The molecule has 0 aliphatic rings. The first-order valence-electron chi connectivity index (χ1n) is 31.5. The molecule has 37 heteroatoms. The number of hydrogen-bond donors (Lipinski definition) is 0. The van der Waals surface area contributed by atoms with E-state index in [1.165, 1.54) is 57.1 Å². The number of imidazole rings is 4. The molecule has 0 N–H and O–H groups in total. The van der Waals surface area contributed by atoms with Crippen molar-refractivity contribution in [2.24, 2.45) is 28.2 Å². The third-order valence-corrected chi connectivity index (χ3v) is 14.4. The molecule has 0 aliphatic carbocycles. The third kappa shape index (κ3) is 15.7. The van der Waals surface area contributed by atoms with Gasteiger partial charge in [0.25, 0.3) is 0 Å². The average molecular weight is 1370 g/mol. The van der Waals surface area contributed by atoms with Crippen molar-refractivity contribution in [2.45, 2.75) is 113 Å². The molecular weight excluding hydrogens is 1290 g/mol. The number of hydrogen-bond acceptors (Lipinski definition) is 20. The monoisotopic (exact) mass is 1370 g/mol. The van der Waals surface area contributed by atoms with Gasteiger partial charge in [-0.25, -0.2) is 43.7 Å². The van der Waals surface area contributed by atoms with Crippen LogP contribution in [0.1, 0.15) is 97.7 Å². The van der Waals surface area contributed by atoms with E-state index in [0.717, 1.165) is 56.9 Å². The molecule has 0 atom stereocenters. The van der Waals surface area contributed by atoms with Gasteiger partial charge >= 0.3 is 35.6 Å². The van der Waals surface area contributed by atoms with Gasteiger partial charge in [-0.1, -0.05) is 72.7 Å². The molecule has 98 heavy (non-hydrogen) atoms. The first-order chi connectivity index (χ1) is 48.1. The van der Waals surface area contributed by atoms with E-state index in [1.54, 1.807) is 75.0 Å². The number of halogens is 5. The molecule has 0 fully saturated rings. The Balaban J connectivity index is 0.000000158. The summed E-state index contributed by atoms with van der Waals surface area (Å²) in [6, 6.07) is 21.1. The summed E-state index contributed by atoms with van der Waals surface area (Å²) in [6.45, 7) is 14.1. The topological polar surface area (TPSA) is 319 Å². The number of benzene rings is 4. The van der Waals surface area contributed by atoms with Gasteiger partial charge in [-0.3, -0.25) is 4.57 Å². The number of aromatic nitrogens is 24. The molecule has 8 heterocycles. The summed E-state index contributed by atoms with van der Waals surface area (Å²) < 4.78 is 132. The first-order valence-corrected chi connectivity index (χ1v) is 29.5. The second-order valence-electron chi connectivity index (χ2n) is 22.7. The van der Waals surface area contributed by atoms with Gasteiger partial charge in [0, 0.05) is 39.8 Å². The fourth-order valence-electron chi connectivity index (χ4n) is 9.16. The molecule has 12 rings (SSSR count). The Bertz CT molecular complexity index is 4880. The van der Waals surface area contributed by atoms with Crippen molar-refractivity contribution < 1.29 is 46.4 Å². The molecule has 0 saturated heterocycles. The number of rotatable bonds is 18. The normalized spacial score (nSPS) is 12.0. The smallest absolute Gasteiger partial charge is 0.487 e. The molecule has 32 nitrogen and oxygen atoms in total. The molecule has 0 spiro atoms. The Hall–Kier alpha value is -12.0. The van der Waals surface area contributed by atoms with Crippen LogP contribution >= 0.6 is 0 Å². The van der Waals surface area contributed by atoms with Crippen LogP contribution in [0, 0.1) is 27.7 Å². The van der Waals surface area contributed by atoms with Crippen LogP contribution in [0.2, 0.25) is 0 Å². The zero-order valence-electron chi connectivity index (χ0n) is 59.1. The van der Waals surface area contributed by atoms with Crippen molar-refractivity contribution >= 4 is 0 Å². The van der Waals surface area contributed by atoms with Crippen LogP contribution in [-0.4, -0.2) is 117 Å². The molecule has 0 aliphatic heterocycles. The van der Waals surface area contributed by atoms with Gasteiger partial charge in [0.05, 0.1) is 18.1 Å². The van der Waals surface area contributed by atoms with Crippen LogP contribution in [0.5, 0.6) is 23.0 Å². The SMILES string of the molecule is [3H]c1ccc(OCc2c(-n3nnn(C)c3=O)ncn2C(C)(C)C)c(C)c1.[3H]c1ccc(OCc2c(-n3nnn(C)c3=O)ncn2C(C)C)c(C)c1.[3H]c1ccc(OCc2c(-n3nnn(C)c3=O)ncn2C(F)(F)F)c(C)c1.[3H]c1ccc(OCc2c(-n3nnn(C)c3=O)ncn2C(F)F)c(C)c1. The van der Waals surface area contributed by atoms with E-state index < -0.39 is 36.5 Å². The maximum atomic E-state index is 13.3. The molecule has 0 amide bonds. The largest absolute Gasteiger partial charge is 0.490 e. The van der Waals surface area contributed by atoms with Gasteiger partial charge in [0.2, 0.25) is 0 Å². The Labute approximate surface area is 559 Å². The number of nitrogens with zero attached hydrogens (tertiary/aromatic N) is 24. The summed E-state index contributed by atoms with van der Waals surface area (Å²) >= 11 is 0. The van der Waals surface area contributed by atoms with Gasteiger partial charge in [-0.2, -0.15) is 27.5 Å². The fourth-order valence-corrected chi connectivity index (χ4v) is 9.16. The summed E-state index contributed by atoms with van der Waals surface area (Å²) in [5.74, 6) is 2.52. The number of ether oxygens (including phenoxy) is 4. The summed E-state index contributed by atoms with van der Waals surface area (Å²) in [7, 11) is 5.77. The highest BCUT2D eigenvalue weighted by molar-refractivity contribution is 5.38. The van der Waals surface area contributed by atoms with Crippen molar-refractivity contribution in [3.63, 3.8) is 0 Å². The molecule has 516 valence electrons. The van der Waals surface area contributed by atoms with E-state index in [2.05, 4.69) is 61.6 Å². The minimum atomic E-state index is -4.75. The van der Waals surface area contributed by atoms with Crippen LogP contribution in [0.15, 0.2) is 141 Å². The Morgan fingerprint density at radius 2 is 0.694 bits per heavy atom. The molecule has 0 bridgehead atoms. The zero-order valence-corrected chi connectivity index (χ0v) is 55.1. The van der Waals surface area contributed by atoms with E-state index in [4.69, 9.17) is 24.4 Å². The predicted octanol–water partition coefficient (Wildman–Crippen LogP) is 6.41. The molecule has 12 aromatic rings. The summed E-state index contributed by atoms with van der Waals surface area (Å²) in [5, 5.41) is 29.4. The van der Waals surface area contributed by atoms with E-state index >= 15 is 0 Å². The fraction of sp³-hybridized carbons (Fsp3) is 0.344. The number of tetrazole rings is 4. The quantitative estimate of drug-likeness (QED) is 0.0838. The van der Waals surface area contributed by atoms with E-state index in [1.807, 2.05) is 57.6 Å². The lowest BCUT2D eigenvalue weighted by molar-refractivity contribution is -0.206. The highest BCUT2D eigenvalue weighted by Crippen LogP contribution is 2.30. The van der Waals surface area contributed by atoms with Crippen molar-refractivity contribution in [2.75, 3.05) is 0 Å². The van der Waals surface area contributed by atoms with Crippen LogP contribution in [0.4, 0.5) is 22.0 Å². The first kappa shape index (κ1) is 64.7. The van der Waals surface area contributed by atoms with Crippen molar-refractivity contribution in [1.82, 2.24) is 117 Å². The molecule has 0 saturated carbocycles. The summed E-state index contributed by atoms with van der Waals surface area (Å²) in [6.07, 6.45) is 0.0544. The second-order valence-corrected chi connectivity index (χ2v) is 22.7. The Kier molecular flexibility index (Phi) is 19.7. The van der Waals surface area contributed by atoms with Crippen molar-refractivity contribution in [3.05, 3.63) is 209 Å². The molecular formula is C61H69F5N24O8. The van der Waals surface area contributed by atoms with Crippen LogP contribution in [0.3, 0.4) is 0 Å². The minimum Gasteiger partial charge on any atom is -0.487 e. The average Bonchev–Trinajstić information content (AvgIpc) is 1.66. The highest BCUT2D eigenvalue weighted by Gasteiger charge is 2.36. The lowest BCUT2D eigenvalue weighted by Gasteiger charge is -2.24. The Morgan fingerprint density at radius 3 is 0.969 bits per heavy atom. The zero-order chi connectivity index (χ0) is 74.4. The van der Waals surface area contributed by atoms with Crippen molar-refractivity contribution in [3.8, 4) is 46.3 Å². The van der Waals surface area contributed by atoms with Gasteiger partial charge in [-0.05, 0) is 151 Å². The second kappa shape index (κ2) is 29.8. The van der Waals surface area contributed by atoms with Gasteiger partial charge < -0.3 is 28.1 Å². The van der Waals surface area contributed by atoms with Crippen LogP contribution < -0.4 is 41.7 Å². The van der Waals surface area contributed by atoms with Crippen molar-refractivity contribution in [1.29, 1.82) is 0 Å². The maximum absolute atomic E-state index is 13.3. The highest BCUT2D eigenvalue weighted by atomic mass is 19.4. The van der Waals surface area contributed by atoms with Crippen LogP contribution in [0.25, 0.3) is 23.3 Å². The number of alkyl halides is 5. The van der Waals surface area contributed by atoms with E-state index in [9.17, 15) is 41.1 Å². The lowest BCUT2D eigenvalue weighted by atomic mass is 10.1. The molecule has 0 unspecified atom stereocenters. The third-order valence-electron chi connectivity index (χ3n) is 14.4. The lowest BCUT2D eigenvalue weighted by Crippen LogP contribution is -2.27. The van der Waals surface area contributed by atoms with Gasteiger partial charge in [0.1, 0.15) is 84.9 Å². The van der Waals surface area contributed by atoms with Gasteiger partial charge in [-0.15, -0.1) is 31.9 Å². The number of aryl methyl sites for hydroxylation is 8. The standard InChI is InChI=1S/C17H22N6O2.C16H20N6O2.C14H13F3N6O2.C14H14F2N6O2/c1-12-8-6-7-9-14(12)25-10-13-15(18-11-22(13)17(2,3)4)23-16(24)21(5)19-20-23;1-11(2)21-10-17-15(22-16(23)20(4)18-19-22)13(21)9-24-14-8-6-5-7-12(14)3;1-9-5-3-4-6-11(9)25-7-10-12(18-8-22(10)14(15,16)17)23-13(24)21(2)19-20-23;1-9-5-3-4-6-11(9)24-7-10-12(17-8-21(10)13(15)16)22-14(23)20(2)18-19-22/h6-9,11H,10H2,1-5H3;5-8,10-11H,9H2,1-4H3;3-6,8H,7H2,1-2H3;3-6,8,13H,7H2,1-2H3/i6T;5T;2*3T. The maximum Gasteiger partial charge on any atom is 0.490 e. The minimum absolute atomic E-state index is 0.0213. The number of para-hydroxylation sites is 4. The Morgan fingerprint density at radius 1 is 0.418 bits per heavy atom. The summed E-state index contributed by atoms with van der Waals surface area (Å²) in [4.78, 5) is 64.5. The molecule has 8 aromatic heterocycles. The van der Waals surface area contributed by atoms with Crippen LogP contribution in [-0.2, 0) is 66.5 Å². The summed E-state index contributed by atoms with van der Waals surface area (Å²) in [5.41, 5.74) is 1.69. The van der Waals surface area contributed by atoms with Gasteiger partial charge in [0.15, 0.2) is 23.3 Å². The molecule has 4 aromatic carbocycles.